The number of rotatable bonds is 2. The van der Waals surface area contributed by atoms with Crippen LogP contribution >= 0.6 is 0 Å². The normalized spacial score (nSPS) is 14.4. The van der Waals surface area contributed by atoms with Crippen LogP contribution in [0.5, 0.6) is 0 Å². The molecule has 0 saturated heterocycles. The van der Waals surface area contributed by atoms with Crippen molar-refractivity contribution < 1.29 is 0 Å². The molecule has 0 saturated carbocycles. The minimum atomic E-state index is -0.948. The molecule has 10 heavy (non-hydrogen) atoms. The van der Waals surface area contributed by atoms with E-state index in [1.807, 2.05) is 0 Å². The molecule has 0 bridgehead atoms. The Labute approximate surface area is 67.0 Å². The van der Waals surface area contributed by atoms with Crippen molar-refractivity contribution in [2.75, 3.05) is 0 Å². The van der Waals surface area contributed by atoms with E-state index in [1.54, 1.807) is 0 Å². The summed E-state index contributed by atoms with van der Waals surface area (Å²) in [6.07, 6.45) is 0. The van der Waals surface area contributed by atoms with Gasteiger partial charge >= 0.3 is 0 Å². The Morgan fingerprint density at radius 1 is 1.00 bits per heavy atom. The second-order valence-electron chi connectivity index (χ2n) is 5.13. The zero-order valence-corrected chi connectivity index (χ0v) is 9.58. The maximum atomic E-state index is 2.45. The second-order valence-corrected chi connectivity index (χ2v) is 10.9. The first kappa shape index (κ1) is 10.2. The van der Waals surface area contributed by atoms with Crippen molar-refractivity contribution in [1.29, 1.82) is 0 Å². The van der Waals surface area contributed by atoms with Gasteiger partial charge in [-0.05, 0) is 11.0 Å². The lowest BCUT2D eigenvalue weighted by Crippen LogP contribution is -2.38. The van der Waals surface area contributed by atoms with E-state index in [4.69, 9.17) is 0 Å². The molecule has 0 aromatic rings. The molecule has 0 spiro atoms. The summed E-state index contributed by atoms with van der Waals surface area (Å²) in [7, 11) is -0.948. The molecule has 0 aliphatic rings. The molecule has 0 unspecified atom stereocenters. The molecule has 0 nitrogen and oxygen atoms in total. The van der Waals surface area contributed by atoms with E-state index < -0.39 is 8.07 Å². The first-order valence-electron chi connectivity index (χ1n) is 4.19. The maximum Gasteiger partial charge on any atom is 0.0502 e. The molecule has 0 aliphatic carbocycles. The summed E-state index contributed by atoms with van der Waals surface area (Å²) in [5.41, 5.74) is 0. The van der Waals surface area contributed by atoms with Crippen LogP contribution in [0.25, 0.3) is 0 Å². The Morgan fingerprint density at radius 3 is 1.30 bits per heavy atom. The summed E-state index contributed by atoms with van der Waals surface area (Å²) >= 11 is 0. The van der Waals surface area contributed by atoms with Gasteiger partial charge < -0.3 is 0 Å². The van der Waals surface area contributed by atoms with Gasteiger partial charge in [0.1, 0.15) is 0 Å². The predicted octanol–water partition coefficient (Wildman–Crippen LogP) is 3.76. The van der Waals surface area contributed by atoms with Gasteiger partial charge in [0.25, 0.3) is 0 Å². The molecule has 1 heteroatoms. The maximum absolute atomic E-state index is 2.45. The highest BCUT2D eigenvalue weighted by molar-refractivity contribution is 6.79. The van der Waals surface area contributed by atoms with Crippen molar-refractivity contribution in [2.24, 2.45) is 5.92 Å². The van der Waals surface area contributed by atoms with E-state index in [9.17, 15) is 0 Å². The van der Waals surface area contributed by atoms with Crippen LogP contribution in [0.4, 0.5) is 0 Å². The fourth-order valence-corrected chi connectivity index (χ4v) is 2.60. The van der Waals surface area contributed by atoms with Gasteiger partial charge in [-0.25, -0.2) is 0 Å². The van der Waals surface area contributed by atoms with Crippen molar-refractivity contribution in [2.45, 2.75) is 52.4 Å². The number of hydrogen-bond acceptors (Lipinski definition) is 0. The van der Waals surface area contributed by atoms with Crippen LogP contribution in [-0.4, -0.2) is 8.07 Å². The molecule has 0 amide bonds. The average molecular weight is 158 g/mol. The van der Waals surface area contributed by atoms with Gasteiger partial charge in [-0.1, -0.05) is 47.3 Å². The fraction of sp³-hybridized carbons (Fsp3) is 1.00. The van der Waals surface area contributed by atoms with E-state index in [1.165, 1.54) is 0 Å². The minimum absolute atomic E-state index is 0.576. The van der Waals surface area contributed by atoms with Crippen LogP contribution in [-0.2, 0) is 0 Å². The Hall–Kier alpha value is 0.217. The molecule has 0 heterocycles. The van der Waals surface area contributed by atoms with Gasteiger partial charge in [-0.15, -0.1) is 0 Å². The molecular formula is C9H22Si. The van der Waals surface area contributed by atoms with Crippen molar-refractivity contribution in [3.05, 3.63) is 0 Å². The van der Waals surface area contributed by atoms with Gasteiger partial charge in [-0.2, -0.15) is 0 Å². The topological polar surface area (TPSA) is 0 Å². The van der Waals surface area contributed by atoms with Gasteiger partial charge in [0.15, 0.2) is 0 Å². The van der Waals surface area contributed by atoms with Crippen LogP contribution in [0.3, 0.4) is 0 Å². The highest BCUT2D eigenvalue weighted by Gasteiger charge is 2.36. The zero-order chi connectivity index (χ0) is 8.58. The van der Waals surface area contributed by atoms with E-state index in [0.717, 1.165) is 5.92 Å². The highest BCUT2D eigenvalue weighted by atomic mass is 28.3. The summed E-state index contributed by atoms with van der Waals surface area (Å²) < 4.78 is 0. The summed E-state index contributed by atoms with van der Waals surface area (Å²) in [5, 5.41) is 0.576. The van der Waals surface area contributed by atoms with E-state index in [-0.39, 0.29) is 0 Å². The summed E-state index contributed by atoms with van der Waals surface area (Å²) in [6.45, 7) is 16.8. The third-order valence-corrected chi connectivity index (χ3v) is 7.82. The van der Waals surface area contributed by atoms with Crippen molar-refractivity contribution in [3.63, 3.8) is 0 Å². The summed E-state index contributed by atoms with van der Waals surface area (Å²) in [5.74, 6) is 0.819. The molecule has 0 atom stereocenters. The fourth-order valence-electron chi connectivity index (χ4n) is 0.866. The Bertz CT molecular complexity index is 106. The third kappa shape index (κ3) is 1.85. The van der Waals surface area contributed by atoms with Crippen LogP contribution in [0.1, 0.15) is 27.7 Å². The molecule has 62 valence electrons. The van der Waals surface area contributed by atoms with Crippen LogP contribution in [0, 0.1) is 5.92 Å². The Kier molecular flexibility index (Phi) is 2.75. The molecule has 0 fully saturated rings. The first-order valence-corrected chi connectivity index (χ1v) is 7.69. The lowest BCUT2D eigenvalue weighted by atomic mass is 9.99. The smallest absolute Gasteiger partial charge is 0.0502 e. The zero-order valence-electron chi connectivity index (χ0n) is 8.58. The molecule has 0 radical (unpaired) electrons. The highest BCUT2D eigenvalue weighted by Crippen LogP contribution is 2.43. The molecule has 0 aromatic heterocycles. The standard InChI is InChI=1S/C9H22Si/c1-8(2)9(3,4)10(5,6)7/h8H,1-7H3. The predicted molar refractivity (Wildman–Crippen MR) is 52.2 cm³/mol. The van der Waals surface area contributed by atoms with Crippen molar-refractivity contribution >= 4 is 8.07 Å². The van der Waals surface area contributed by atoms with E-state index >= 15 is 0 Å². The SMILES string of the molecule is CC(C)C(C)(C)[Si](C)(C)C. The largest absolute Gasteiger partial charge is 0.0692 e. The monoisotopic (exact) mass is 158 g/mol. The molecule has 0 N–H and O–H groups in total. The van der Waals surface area contributed by atoms with Crippen molar-refractivity contribution in [1.82, 2.24) is 0 Å². The lowest BCUT2D eigenvalue weighted by molar-refractivity contribution is 0.460. The van der Waals surface area contributed by atoms with Gasteiger partial charge in [-0.3, -0.25) is 0 Å². The molecule has 0 aliphatic heterocycles. The van der Waals surface area contributed by atoms with Gasteiger partial charge in [0, 0.05) is 0 Å². The Balaban J connectivity index is 4.40. The van der Waals surface area contributed by atoms with E-state index in [0.29, 0.717) is 5.04 Å². The van der Waals surface area contributed by atoms with Crippen molar-refractivity contribution in [3.8, 4) is 0 Å². The van der Waals surface area contributed by atoms with Crippen LogP contribution in [0.15, 0.2) is 0 Å². The summed E-state index contributed by atoms with van der Waals surface area (Å²) in [4.78, 5) is 0. The third-order valence-electron chi connectivity index (χ3n) is 3.38. The molecular weight excluding hydrogens is 136 g/mol. The quantitative estimate of drug-likeness (QED) is 0.537. The molecule has 0 rings (SSSR count). The second kappa shape index (κ2) is 2.69. The summed E-state index contributed by atoms with van der Waals surface area (Å²) in [6, 6.07) is 0. The van der Waals surface area contributed by atoms with Crippen LogP contribution in [0.2, 0.25) is 24.7 Å². The number of hydrogen-bond donors (Lipinski definition) is 0. The van der Waals surface area contributed by atoms with E-state index in [2.05, 4.69) is 47.3 Å². The molecule has 0 aromatic carbocycles. The van der Waals surface area contributed by atoms with Crippen LogP contribution < -0.4 is 0 Å². The average Bonchev–Trinajstić information content (AvgIpc) is 1.62. The first-order chi connectivity index (χ1) is 4.19. The minimum Gasteiger partial charge on any atom is -0.0692 e. The van der Waals surface area contributed by atoms with Gasteiger partial charge in [0.05, 0.1) is 8.07 Å². The van der Waals surface area contributed by atoms with Gasteiger partial charge in [0.2, 0.25) is 0 Å². The lowest BCUT2D eigenvalue weighted by Gasteiger charge is -2.40. The Morgan fingerprint density at radius 2 is 1.30 bits per heavy atom.